The number of carbonyl (C=O) groups is 1. The molecule has 6 heteroatoms. The zero-order valence-electron chi connectivity index (χ0n) is 18.6. The lowest BCUT2D eigenvalue weighted by Gasteiger charge is -2.34. The Bertz CT molecular complexity index is 846. The molecule has 0 radical (unpaired) electrons. The van der Waals surface area contributed by atoms with Crippen LogP contribution in [0.3, 0.4) is 0 Å². The molecule has 31 heavy (non-hydrogen) atoms. The van der Waals surface area contributed by atoms with Crippen molar-refractivity contribution in [1.82, 2.24) is 9.80 Å². The van der Waals surface area contributed by atoms with E-state index < -0.39 is 5.82 Å². The highest BCUT2D eigenvalue weighted by atomic mass is 35.5. The maximum atomic E-state index is 13.7. The fourth-order valence-electron chi connectivity index (χ4n) is 4.32. The van der Waals surface area contributed by atoms with Crippen LogP contribution < -0.4 is 4.90 Å². The Morgan fingerprint density at radius 1 is 1.19 bits per heavy atom. The smallest absolute Gasteiger partial charge is 0.222 e. The van der Waals surface area contributed by atoms with Gasteiger partial charge in [0.25, 0.3) is 0 Å². The molecule has 2 aromatic carbocycles. The van der Waals surface area contributed by atoms with Crippen molar-refractivity contribution in [2.45, 2.75) is 32.2 Å². The lowest BCUT2D eigenvalue weighted by atomic mass is 9.97. The van der Waals surface area contributed by atoms with Gasteiger partial charge in [-0.05, 0) is 63.0 Å². The number of likely N-dealkylation sites (tertiary alicyclic amines) is 1. The number of amides is 1. The average Bonchev–Trinajstić information content (AvgIpc) is 2.75. The summed E-state index contributed by atoms with van der Waals surface area (Å²) < 4.78 is 13.7. The third-order valence-corrected chi connectivity index (χ3v) is 6.09. The second-order valence-electron chi connectivity index (χ2n) is 8.72. The average molecular weight is 446 g/mol. The monoisotopic (exact) mass is 445 g/mol. The number of rotatable bonds is 9. The van der Waals surface area contributed by atoms with Crippen molar-refractivity contribution < 1.29 is 9.18 Å². The number of carbonyl (C=O) groups excluding carboxylic acids is 1. The third kappa shape index (κ3) is 7.22. The van der Waals surface area contributed by atoms with Gasteiger partial charge in [0, 0.05) is 44.8 Å². The first-order valence-electron chi connectivity index (χ1n) is 11.1. The minimum absolute atomic E-state index is 0.117. The highest BCUT2D eigenvalue weighted by molar-refractivity contribution is 6.31. The fourth-order valence-corrected chi connectivity index (χ4v) is 4.50. The van der Waals surface area contributed by atoms with E-state index in [0.29, 0.717) is 25.4 Å². The zero-order valence-corrected chi connectivity index (χ0v) is 19.3. The summed E-state index contributed by atoms with van der Waals surface area (Å²) in [5, 5.41) is 0.117. The molecule has 0 bridgehead atoms. The molecular weight excluding hydrogens is 413 g/mol. The number of piperidine rings is 1. The number of hydrogen-bond donors (Lipinski definition) is 0. The third-order valence-electron chi connectivity index (χ3n) is 5.80. The molecule has 1 atom stereocenters. The van der Waals surface area contributed by atoms with Crippen molar-refractivity contribution in [1.29, 1.82) is 0 Å². The van der Waals surface area contributed by atoms with E-state index in [2.05, 4.69) is 36.0 Å². The van der Waals surface area contributed by atoms with E-state index in [-0.39, 0.29) is 10.9 Å². The van der Waals surface area contributed by atoms with Gasteiger partial charge in [-0.2, -0.15) is 0 Å². The highest BCUT2D eigenvalue weighted by Gasteiger charge is 2.23. The Hall–Kier alpha value is -2.11. The minimum atomic E-state index is -0.419. The zero-order chi connectivity index (χ0) is 22.2. The number of halogens is 2. The normalized spacial score (nSPS) is 16.5. The van der Waals surface area contributed by atoms with E-state index in [0.717, 1.165) is 43.7 Å². The molecule has 168 valence electrons. The van der Waals surface area contributed by atoms with Crippen LogP contribution in [0.15, 0.2) is 48.5 Å². The molecule has 1 unspecified atom stereocenters. The van der Waals surface area contributed by atoms with E-state index >= 15 is 0 Å². The van der Waals surface area contributed by atoms with Gasteiger partial charge in [-0.1, -0.05) is 41.9 Å². The number of anilines is 1. The summed E-state index contributed by atoms with van der Waals surface area (Å²) in [6, 6.07) is 15.0. The predicted octanol–water partition coefficient (Wildman–Crippen LogP) is 5.07. The standard InChI is InChI=1S/C25H33ClFN3O/c1-28(2)17-21-10-6-15-30(19-21)25(31)11-7-14-29(18-20-8-4-3-5-9-20)22-12-13-24(27)23(26)16-22/h3-5,8-9,12-13,16,21H,6-7,10-11,14-15,17-19H2,1-2H3. The summed E-state index contributed by atoms with van der Waals surface area (Å²) in [5.41, 5.74) is 2.03. The van der Waals surface area contributed by atoms with Crippen LogP contribution >= 0.6 is 11.6 Å². The van der Waals surface area contributed by atoms with Gasteiger partial charge in [-0.15, -0.1) is 0 Å². The highest BCUT2D eigenvalue weighted by Crippen LogP contribution is 2.25. The van der Waals surface area contributed by atoms with Crippen molar-refractivity contribution in [2.24, 2.45) is 5.92 Å². The van der Waals surface area contributed by atoms with Gasteiger partial charge in [-0.3, -0.25) is 4.79 Å². The first-order valence-corrected chi connectivity index (χ1v) is 11.5. The first-order chi connectivity index (χ1) is 14.9. The van der Waals surface area contributed by atoms with E-state index in [9.17, 15) is 9.18 Å². The Labute approximate surface area is 190 Å². The quantitative estimate of drug-likeness (QED) is 0.539. The largest absolute Gasteiger partial charge is 0.367 e. The predicted molar refractivity (Wildman–Crippen MR) is 126 cm³/mol. The van der Waals surface area contributed by atoms with Gasteiger partial charge in [0.05, 0.1) is 5.02 Å². The van der Waals surface area contributed by atoms with Crippen LogP contribution in [-0.4, -0.2) is 56.0 Å². The molecule has 2 aromatic rings. The SMILES string of the molecule is CN(C)CC1CCCN(C(=O)CCCN(Cc2ccccc2)c2ccc(F)c(Cl)c2)C1. The van der Waals surface area contributed by atoms with Crippen molar-refractivity contribution in [3.05, 3.63) is 64.9 Å². The molecule has 0 aromatic heterocycles. The Balaban J connectivity index is 1.59. The second-order valence-corrected chi connectivity index (χ2v) is 9.13. The van der Waals surface area contributed by atoms with Gasteiger partial charge in [0.2, 0.25) is 5.91 Å². The van der Waals surface area contributed by atoms with Crippen molar-refractivity contribution in [3.63, 3.8) is 0 Å². The number of benzene rings is 2. The summed E-state index contributed by atoms with van der Waals surface area (Å²) in [5.74, 6) is 0.376. The molecule has 1 amide bonds. The molecule has 1 aliphatic rings. The van der Waals surface area contributed by atoms with Crippen LogP contribution in [0.5, 0.6) is 0 Å². The summed E-state index contributed by atoms with van der Waals surface area (Å²) in [4.78, 5) is 19.2. The van der Waals surface area contributed by atoms with E-state index in [1.165, 1.54) is 12.5 Å². The molecular formula is C25H33ClFN3O. The first kappa shape index (κ1) is 23.6. The van der Waals surface area contributed by atoms with E-state index in [4.69, 9.17) is 11.6 Å². The summed E-state index contributed by atoms with van der Waals surface area (Å²) in [6.07, 6.45) is 3.54. The van der Waals surface area contributed by atoms with E-state index in [1.54, 1.807) is 12.1 Å². The molecule has 0 spiro atoms. The molecule has 1 saturated heterocycles. The summed E-state index contributed by atoms with van der Waals surface area (Å²) >= 11 is 6.03. The molecule has 0 N–H and O–H groups in total. The molecule has 0 saturated carbocycles. The van der Waals surface area contributed by atoms with Crippen LogP contribution in [0.25, 0.3) is 0 Å². The second kappa shape index (κ2) is 11.5. The lowest BCUT2D eigenvalue weighted by Crippen LogP contribution is -2.42. The van der Waals surface area contributed by atoms with Crippen molar-refractivity contribution >= 4 is 23.2 Å². The summed E-state index contributed by atoms with van der Waals surface area (Å²) in [7, 11) is 4.17. The summed E-state index contributed by atoms with van der Waals surface area (Å²) in [6.45, 7) is 4.14. The topological polar surface area (TPSA) is 26.8 Å². The molecule has 4 nitrogen and oxygen atoms in total. The molecule has 3 rings (SSSR count). The molecule has 1 heterocycles. The number of hydrogen-bond acceptors (Lipinski definition) is 3. The minimum Gasteiger partial charge on any atom is -0.367 e. The van der Waals surface area contributed by atoms with Gasteiger partial charge in [-0.25, -0.2) is 4.39 Å². The van der Waals surface area contributed by atoms with Gasteiger partial charge < -0.3 is 14.7 Å². The van der Waals surface area contributed by atoms with Crippen molar-refractivity contribution in [3.8, 4) is 0 Å². The van der Waals surface area contributed by atoms with Crippen molar-refractivity contribution in [2.75, 3.05) is 45.2 Å². The molecule has 0 aliphatic carbocycles. The Kier molecular flexibility index (Phi) is 8.73. The van der Waals surface area contributed by atoms with Crippen LogP contribution in [0, 0.1) is 11.7 Å². The molecule has 1 aliphatic heterocycles. The van der Waals surface area contributed by atoms with Crippen LogP contribution in [-0.2, 0) is 11.3 Å². The Morgan fingerprint density at radius 3 is 2.68 bits per heavy atom. The number of nitrogens with zero attached hydrogens (tertiary/aromatic N) is 3. The van der Waals surface area contributed by atoms with Crippen LogP contribution in [0.1, 0.15) is 31.2 Å². The lowest BCUT2D eigenvalue weighted by molar-refractivity contribution is -0.133. The molecule has 1 fully saturated rings. The van der Waals surface area contributed by atoms with Gasteiger partial charge in [0.1, 0.15) is 5.82 Å². The van der Waals surface area contributed by atoms with Crippen LogP contribution in [0.2, 0.25) is 5.02 Å². The van der Waals surface area contributed by atoms with Gasteiger partial charge >= 0.3 is 0 Å². The maximum absolute atomic E-state index is 13.7. The van der Waals surface area contributed by atoms with E-state index in [1.807, 2.05) is 23.1 Å². The van der Waals surface area contributed by atoms with Crippen LogP contribution in [0.4, 0.5) is 10.1 Å². The fraction of sp³-hybridized carbons (Fsp3) is 0.480. The maximum Gasteiger partial charge on any atom is 0.222 e. The van der Waals surface area contributed by atoms with Gasteiger partial charge in [0.15, 0.2) is 0 Å². The Morgan fingerprint density at radius 2 is 1.97 bits per heavy atom.